The number of hydrogen-bond donors (Lipinski definition) is 0. The summed E-state index contributed by atoms with van der Waals surface area (Å²) in [5, 5.41) is 4.88. The quantitative estimate of drug-likeness (QED) is 0.793. The summed E-state index contributed by atoms with van der Waals surface area (Å²) in [6.07, 6.45) is 0.639. The van der Waals surface area contributed by atoms with Gasteiger partial charge >= 0.3 is 0 Å². The maximum Gasteiger partial charge on any atom is 0.275 e. The Bertz CT molecular complexity index is 840. The van der Waals surface area contributed by atoms with E-state index in [4.69, 9.17) is 0 Å². The van der Waals surface area contributed by atoms with Crippen LogP contribution < -0.4 is 5.56 Å². The van der Waals surface area contributed by atoms with Gasteiger partial charge in [0.25, 0.3) is 5.56 Å². The molecule has 1 fully saturated rings. The highest BCUT2D eigenvalue weighted by atomic mass is 32.2. The van der Waals surface area contributed by atoms with Crippen molar-refractivity contribution in [2.45, 2.75) is 25.9 Å². The van der Waals surface area contributed by atoms with Gasteiger partial charge in [-0.3, -0.25) is 9.69 Å². The summed E-state index contributed by atoms with van der Waals surface area (Å²) in [7, 11) is -1.04. The summed E-state index contributed by atoms with van der Waals surface area (Å²) < 4.78 is 24.3. The lowest BCUT2D eigenvalue weighted by Crippen LogP contribution is -2.33. The highest BCUT2D eigenvalue weighted by Gasteiger charge is 2.30. The van der Waals surface area contributed by atoms with E-state index < -0.39 is 9.84 Å². The van der Waals surface area contributed by atoms with Crippen molar-refractivity contribution in [1.29, 1.82) is 0 Å². The van der Waals surface area contributed by atoms with Gasteiger partial charge in [0, 0.05) is 18.7 Å². The maximum absolute atomic E-state index is 12.0. The summed E-state index contributed by atoms with van der Waals surface area (Å²) in [5.41, 5.74) is 0.447. The Morgan fingerprint density at radius 2 is 2.29 bits per heavy atom. The number of aromatic nitrogens is 3. The van der Waals surface area contributed by atoms with Crippen LogP contribution in [0, 0.1) is 6.92 Å². The van der Waals surface area contributed by atoms with E-state index in [2.05, 4.69) is 10.1 Å². The molecule has 7 nitrogen and oxygen atoms in total. The third-order valence-electron chi connectivity index (χ3n) is 3.64. The van der Waals surface area contributed by atoms with Crippen LogP contribution in [0.1, 0.15) is 17.1 Å². The van der Waals surface area contributed by atoms with Crippen LogP contribution in [0.3, 0.4) is 0 Å². The van der Waals surface area contributed by atoms with E-state index >= 15 is 0 Å². The lowest BCUT2D eigenvalue weighted by Gasteiger charge is -2.22. The lowest BCUT2D eigenvalue weighted by atomic mass is 10.2. The number of sulfone groups is 1. The van der Waals surface area contributed by atoms with E-state index in [0.717, 1.165) is 5.01 Å². The van der Waals surface area contributed by atoms with Gasteiger partial charge in [-0.1, -0.05) is 11.3 Å². The molecule has 1 aliphatic rings. The molecule has 21 heavy (non-hydrogen) atoms. The molecule has 9 heteroatoms. The van der Waals surface area contributed by atoms with Crippen LogP contribution in [-0.2, 0) is 16.4 Å². The van der Waals surface area contributed by atoms with Crippen LogP contribution in [0.5, 0.6) is 0 Å². The third-order valence-corrected chi connectivity index (χ3v) is 6.22. The highest BCUT2D eigenvalue weighted by Crippen LogP contribution is 2.18. The first kappa shape index (κ1) is 14.6. The Labute approximate surface area is 126 Å². The maximum atomic E-state index is 12.0. The minimum atomic E-state index is -2.91. The molecule has 2 aromatic rings. The Morgan fingerprint density at radius 1 is 1.52 bits per heavy atom. The molecular weight excluding hydrogens is 312 g/mol. The van der Waals surface area contributed by atoms with E-state index in [1.54, 1.807) is 0 Å². The minimum absolute atomic E-state index is 0.00144. The van der Waals surface area contributed by atoms with Crippen LogP contribution in [0.2, 0.25) is 0 Å². The first-order valence-corrected chi connectivity index (χ1v) is 9.25. The average Bonchev–Trinajstić information content (AvgIpc) is 2.91. The predicted octanol–water partition coefficient (Wildman–Crippen LogP) is 0.0783. The van der Waals surface area contributed by atoms with Crippen molar-refractivity contribution in [1.82, 2.24) is 19.5 Å². The van der Waals surface area contributed by atoms with Crippen LogP contribution in [0.15, 0.2) is 10.9 Å². The Morgan fingerprint density at radius 3 is 2.95 bits per heavy atom. The zero-order chi connectivity index (χ0) is 15.2. The molecule has 0 aliphatic carbocycles. The minimum Gasteiger partial charge on any atom is -0.297 e. The van der Waals surface area contributed by atoms with Gasteiger partial charge in [0.15, 0.2) is 9.84 Å². The molecule has 1 saturated heterocycles. The Balaban J connectivity index is 1.83. The Hall–Kier alpha value is -1.32. The normalized spacial score (nSPS) is 21.4. The second kappa shape index (κ2) is 5.15. The van der Waals surface area contributed by atoms with Gasteiger partial charge in [-0.05, 0) is 20.4 Å². The second-order valence-corrected chi connectivity index (χ2v) is 8.76. The van der Waals surface area contributed by atoms with E-state index in [0.29, 0.717) is 23.6 Å². The molecule has 0 bridgehead atoms. The molecule has 0 aromatic carbocycles. The van der Waals surface area contributed by atoms with E-state index in [9.17, 15) is 13.2 Å². The van der Waals surface area contributed by atoms with Crippen molar-refractivity contribution in [2.24, 2.45) is 0 Å². The molecule has 114 valence electrons. The number of rotatable bonds is 3. The Kier molecular flexibility index (Phi) is 3.58. The summed E-state index contributed by atoms with van der Waals surface area (Å²) >= 11 is 1.37. The first-order valence-electron chi connectivity index (χ1n) is 6.61. The molecule has 0 radical (unpaired) electrons. The van der Waals surface area contributed by atoms with Crippen molar-refractivity contribution >= 4 is 26.1 Å². The van der Waals surface area contributed by atoms with Crippen molar-refractivity contribution in [3.63, 3.8) is 0 Å². The summed E-state index contributed by atoms with van der Waals surface area (Å²) in [6, 6.07) is 1.46. The number of hydrogen-bond acceptors (Lipinski definition) is 7. The average molecular weight is 328 g/mol. The molecule has 0 spiro atoms. The topological polar surface area (TPSA) is 84.6 Å². The molecule has 0 amide bonds. The highest BCUT2D eigenvalue weighted by molar-refractivity contribution is 7.91. The standard InChI is InChI=1S/C12H16N4O3S2/c1-8-14-16-11(17)5-9(13-12(16)20-8)6-15(2)10-3-4-21(18,19)7-10/h5,10H,3-4,6-7H2,1-2H3. The van der Waals surface area contributed by atoms with Gasteiger partial charge in [0.05, 0.1) is 17.2 Å². The fourth-order valence-electron chi connectivity index (χ4n) is 2.54. The van der Waals surface area contributed by atoms with Crippen molar-refractivity contribution < 1.29 is 8.42 Å². The van der Waals surface area contributed by atoms with Gasteiger partial charge in [0.1, 0.15) is 5.01 Å². The molecule has 1 aliphatic heterocycles. The fourth-order valence-corrected chi connectivity index (χ4v) is 5.11. The smallest absolute Gasteiger partial charge is 0.275 e. The van der Waals surface area contributed by atoms with E-state index in [1.807, 2.05) is 18.9 Å². The molecule has 0 N–H and O–H groups in total. The van der Waals surface area contributed by atoms with Crippen LogP contribution in [0.25, 0.3) is 4.96 Å². The number of aryl methyl sites for hydroxylation is 1. The third kappa shape index (κ3) is 2.99. The molecule has 1 unspecified atom stereocenters. The number of nitrogens with zero attached hydrogens (tertiary/aromatic N) is 4. The molecule has 1 atom stereocenters. The summed E-state index contributed by atoms with van der Waals surface area (Å²) in [4.78, 5) is 18.9. The van der Waals surface area contributed by atoms with Gasteiger partial charge in [-0.15, -0.1) is 0 Å². The van der Waals surface area contributed by atoms with E-state index in [-0.39, 0.29) is 23.1 Å². The molecule has 2 aromatic heterocycles. The molecule has 3 heterocycles. The van der Waals surface area contributed by atoms with Crippen molar-refractivity contribution in [3.8, 4) is 0 Å². The summed E-state index contributed by atoms with van der Waals surface area (Å²) in [6.45, 7) is 2.29. The molecular formula is C12H16N4O3S2. The lowest BCUT2D eigenvalue weighted by molar-refractivity contribution is 0.251. The number of fused-ring (bicyclic) bond motifs is 1. The SMILES string of the molecule is Cc1nn2c(=O)cc(CN(C)C3CCS(=O)(=O)C3)nc2s1. The zero-order valence-electron chi connectivity index (χ0n) is 11.8. The largest absolute Gasteiger partial charge is 0.297 e. The zero-order valence-corrected chi connectivity index (χ0v) is 13.4. The molecule has 0 saturated carbocycles. The van der Waals surface area contributed by atoms with Crippen LogP contribution in [-0.4, -0.2) is 52.5 Å². The monoisotopic (exact) mass is 328 g/mol. The predicted molar refractivity (Wildman–Crippen MR) is 80.4 cm³/mol. The first-order chi connectivity index (χ1) is 9.84. The summed E-state index contributed by atoms with van der Waals surface area (Å²) in [5.74, 6) is 0.426. The van der Waals surface area contributed by atoms with Gasteiger partial charge in [0.2, 0.25) is 4.96 Å². The van der Waals surface area contributed by atoms with Crippen molar-refractivity contribution in [3.05, 3.63) is 27.1 Å². The van der Waals surface area contributed by atoms with E-state index in [1.165, 1.54) is 21.9 Å². The van der Waals surface area contributed by atoms with Crippen molar-refractivity contribution in [2.75, 3.05) is 18.6 Å². The van der Waals surface area contributed by atoms with Gasteiger partial charge in [-0.2, -0.15) is 9.61 Å². The van der Waals surface area contributed by atoms with Gasteiger partial charge in [-0.25, -0.2) is 13.4 Å². The van der Waals surface area contributed by atoms with Crippen LogP contribution in [0.4, 0.5) is 0 Å². The second-order valence-electron chi connectivity index (χ2n) is 5.37. The van der Waals surface area contributed by atoms with Crippen LogP contribution >= 0.6 is 11.3 Å². The van der Waals surface area contributed by atoms with Gasteiger partial charge < -0.3 is 0 Å². The molecule has 3 rings (SSSR count). The fraction of sp³-hybridized carbons (Fsp3) is 0.583.